The lowest BCUT2D eigenvalue weighted by atomic mass is 10.2. The molecule has 1 aromatic carbocycles. The average molecular weight is 330 g/mol. The molecule has 1 rings (SSSR count). The van der Waals surface area contributed by atoms with Crippen LogP contribution in [-0.4, -0.2) is 36.1 Å². The first-order valence-corrected chi connectivity index (χ1v) is 7.34. The van der Waals surface area contributed by atoms with E-state index in [2.05, 4.69) is 40.0 Å². The highest BCUT2D eigenvalue weighted by atomic mass is 79.9. The van der Waals surface area contributed by atoms with Gasteiger partial charge >= 0.3 is 0 Å². The van der Waals surface area contributed by atoms with Gasteiger partial charge in [-0.15, -0.1) is 0 Å². The first-order chi connectivity index (χ1) is 8.58. The van der Waals surface area contributed by atoms with Gasteiger partial charge in [-0.1, -0.05) is 26.1 Å². The lowest BCUT2D eigenvalue weighted by Gasteiger charge is -2.18. The third-order valence-electron chi connectivity index (χ3n) is 2.89. The van der Waals surface area contributed by atoms with Crippen molar-refractivity contribution >= 4 is 38.8 Å². The second-order valence-electron chi connectivity index (χ2n) is 4.01. The molecule has 0 radical (unpaired) electrons. The Morgan fingerprint density at radius 2 is 2.06 bits per heavy atom. The molecule has 0 aliphatic carbocycles. The number of hydrogen-bond donors (Lipinski definition) is 2. The van der Waals surface area contributed by atoms with Crippen LogP contribution in [-0.2, 0) is 0 Å². The molecule has 0 aliphatic rings. The molecule has 0 amide bonds. The molecule has 0 unspecified atom stereocenters. The molecular formula is C13H20BrN3S. The standard InChI is InChI=1S/C13H20BrN3S/c1-3-17(4-2)8-7-16-10-5-6-11(13(15)18)12(14)9-10/h5-6,9,16H,3-4,7-8H2,1-2H3,(H2,15,18). The van der Waals surface area contributed by atoms with Crippen molar-refractivity contribution in [2.45, 2.75) is 13.8 Å². The molecule has 18 heavy (non-hydrogen) atoms. The minimum Gasteiger partial charge on any atom is -0.389 e. The van der Waals surface area contributed by atoms with Gasteiger partial charge in [-0.2, -0.15) is 0 Å². The summed E-state index contributed by atoms with van der Waals surface area (Å²) in [4.78, 5) is 2.79. The van der Waals surface area contributed by atoms with Crippen LogP contribution < -0.4 is 11.1 Å². The van der Waals surface area contributed by atoms with E-state index >= 15 is 0 Å². The maximum Gasteiger partial charge on any atom is 0.105 e. The van der Waals surface area contributed by atoms with Gasteiger partial charge < -0.3 is 16.0 Å². The Bertz CT molecular complexity index is 405. The third kappa shape index (κ3) is 4.55. The molecular weight excluding hydrogens is 310 g/mol. The predicted octanol–water partition coefficient (Wildman–Crippen LogP) is 2.84. The summed E-state index contributed by atoms with van der Waals surface area (Å²) in [5.41, 5.74) is 7.57. The van der Waals surface area contributed by atoms with Gasteiger partial charge in [-0.05, 0) is 47.2 Å². The van der Waals surface area contributed by atoms with Gasteiger partial charge in [0, 0.05) is 28.8 Å². The molecule has 3 N–H and O–H groups in total. The molecule has 0 aromatic heterocycles. The van der Waals surface area contributed by atoms with Crippen LogP contribution in [0.4, 0.5) is 5.69 Å². The molecule has 0 heterocycles. The fourth-order valence-corrected chi connectivity index (χ4v) is 2.62. The topological polar surface area (TPSA) is 41.3 Å². The van der Waals surface area contributed by atoms with Gasteiger partial charge in [-0.3, -0.25) is 0 Å². The summed E-state index contributed by atoms with van der Waals surface area (Å²) in [5, 5.41) is 3.39. The molecule has 100 valence electrons. The van der Waals surface area contributed by atoms with Crippen molar-refractivity contribution in [3.05, 3.63) is 28.2 Å². The quantitative estimate of drug-likeness (QED) is 0.755. The monoisotopic (exact) mass is 329 g/mol. The van der Waals surface area contributed by atoms with E-state index in [1.54, 1.807) is 0 Å². The Morgan fingerprint density at radius 3 is 2.56 bits per heavy atom. The summed E-state index contributed by atoms with van der Waals surface area (Å²) >= 11 is 8.44. The summed E-state index contributed by atoms with van der Waals surface area (Å²) in [6.45, 7) is 8.50. The van der Waals surface area contributed by atoms with E-state index < -0.39 is 0 Å². The van der Waals surface area contributed by atoms with Crippen LogP contribution in [0.2, 0.25) is 0 Å². The first kappa shape index (κ1) is 15.4. The van der Waals surface area contributed by atoms with E-state index in [0.29, 0.717) is 4.99 Å². The number of rotatable bonds is 7. The van der Waals surface area contributed by atoms with Crippen LogP contribution in [0, 0.1) is 0 Å². The smallest absolute Gasteiger partial charge is 0.105 e. The van der Waals surface area contributed by atoms with E-state index in [-0.39, 0.29) is 0 Å². The zero-order valence-corrected chi connectivity index (χ0v) is 13.3. The van der Waals surface area contributed by atoms with Crippen LogP contribution in [0.1, 0.15) is 19.4 Å². The second kappa shape index (κ2) is 7.71. The van der Waals surface area contributed by atoms with Crippen LogP contribution in [0.3, 0.4) is 0 Å². The summed E-state index contributed by atoms with van der Waals surface area (Å²) < 4.78 is 0.933. The highest BCUT2D eigenvalue weighted by molar-refractivity contribution is 9.10. The van der Waals surface area contributed by atoms with Crippen molar-refractivity contribution in [2.24, 2.45) is 5.73 Å². The van der Waals surface area contributed by atoms with E-state index in [1.165, 1.54) is 0 Å². The van der Waals surface area contributed by atoms with Gasteiger partial charge in [0.15, 0.2) is 0 Å². The van der Waals surface area contributed by atoms with Gasteiger partial charge in [0.1, 0.15) is 4.99 Å². The minimum absolute atomic E-state index is 0.413. The zero-order chi connectivity index (χ0) is 13.5. The molecule has 0 aliphatic heterocycles. The lowest BCUT2D eigenvalue weighted by molar-refractivity contribution is 0.316. The van der Waals surface area contributed by atoms with Crippen LogP contribution in [0.5, 0.6) is 0 Å². The van der Waals surface area contributed by atoms with Crippen molar-refractivity contribution in [3.63, 3.8) is 0 Å². The lowest BCUT2D eigenvalue weighted by Crippen LogP contribution is -2.28. The first-order valence-electron chi connectivity index (χ1n) is 6.14. The SMILES string of the molecule is CCN(CC)CCNc1ccc(C(N)=S)c(Br)c1. The Balaban J connectivity index is 2.53. The van der Waals surface area contributed by atoms with Crippen molar-refractivity contribution < 1.29 is 0 Å². The molecule has 0 fully saturated rings. The van der Waals surface area contributed by atoms with Crippen molar-refractivity contribution in [1.29, 1.82) is 0 Å². The van der Waals surface area contributed by atoms with Crippen molar-refractivity contribution in [1.82, 2.24) is 4.90 Å². The van der Waals surface area contributed by atoms with Crippen LogP contribution in [0.25, 0.3) is 0 Å². The maximum atomic E-state index is 5.61. The summed E-state index contributed by atoms with van der Waals surface area (Å²) in [6, 6.07) is 5.95. The Hall–Kier alpha value is -0.650. The number of hydrogen-bond acceptors (Lipinski definition) is 3. The normalized spacial score (nSPS) is 10.7. The molecule has 0 saturated heterocycles. The highest BCUT2D eigenvalue weighted by Gasteiger charge is 2.04. The number of halogens is 1. The second-order valence-corrected chi connectivity index (χ2v) is 5.31. The molecule has 0 bridgehead atoms. The van der Waals surface area contributed by atoms with Gasteiger partial charge in [0.05, 0.1) is 0 Å². The Kier molecular flexibility index (Phi) is 6.60. The average Bonchev–Trinajstić information content (AvgIpc) is 2.34. The maximum absolute atomic E-state index is 5.61. The molecule has 0 spiro atoms. The van der Waals surface area contributed by atoms with Gasteiger partial charge in [0.2, 0.25) is 0 Å². The van der Waals surface area contributed by atoms with E-state index in [9.17, 15) is 0 Å². The van der Waals surface area contributed by atoms with E-state index in [1.807, 2.05) is 18.2 Å². The molecule has 5 heteroatoms. The fraction of sp³-hybridized carbons (Fsp3) is 0.462. The van der Waals surface area contributed by atoms with Crippen molar-refractivity contribution in [3.8, 4) is 0 Å². The van der Waals surface area contributed by atoms with E-state index in [0.717, 1.165) is 41.9 Å². The summed E-state index contributed by atoms with van der Waals surface area (Å²) in [7, 11) is 0. The van der Waals surface area contributed by atoms with Gasteiger partial charge in [0.25, 0.3) is 0 Å². The molecule has 0 saturated carbocycles. The largest absolute Gasteiger partial charge is 0.389 e. The van der Waals surface area contributed by atoms with E-state index in [4.69, 9.17) is 18.0 Å². The number of nitrogens with zero attached hydrogens (tertiary/aromatic N) is 1. The zero-order valence-electron chi connectivity index (χ0n) is 10.9. The number of likely N-dealkylation sites (N-methyl/N-ethyl adjacent to an activating group) is 1. The number of nitrogens with one attached hydrogen (secondary N) is 1. The molecule has 0 atom stereocenters. The minimum atomic E-state index is 0.413. The van der Waals surface area contributed by atoms with Crippen LogP contribution in [0.15, 0.2) is 22.7 Å². The summed E-state index contributed by atoms with van der Waals surface area (Å²) in [5.74, 6) is 0. The number of anilines is 1. The number of nitrogens with two attached hydrogens (primary N) is 1. The number of benzene rings is 1. The van der Waals surface area contributed by atoms with Crippen LogP contribution >= 0.6 is 28.1 Å². The third-order valence-corrected chi connectivity index (χ3v) is 3.76. The molecule has 3 nitrogen and oxygen atoms in total. The van der Waals surface area contributed by atoms with Crippen molar-refractivity contribution in [2.75, 3.05) is 31.5 Å². The van der Waals surface area contributed by atoms with Gasteiger partial charge in [-0.25, -0.2) is 0 Å². The number of thiocarbonyl (C=S) groups is 1. The fourth-order valence-electron chi connectivity index (χ4n) is 1.72. The highest BCUT2D eigenvalue weighted by Crippen LogP contribution is 2.21. The Morgan fingerprint density at radius 1 is 1.39 bits per heavy atom. The summed E-state index contributed by atoms with van der Waals surface area (Å²) in [6.07, 6.45) is 0. The predicted molar refractivity (Wildman–Crippen MR) is 86.3 cm³/mol. The molecule has 1 aromatic rings. The Labute approximate surface area is 123 Å².